The molecule has 1 atom stereocenters. The van der Waals surface area contributed by atoms with Crippen molar-refractivity contribution in [2.45, 2.75) is 70.3 Å². The number of carboxylic acid groups (broad SMARTS) is 2. The van der Waals surface area contributed by atoms with Crippen LogP contribution in [0.15, 0.2) is 0 Å². The first kappa shape index (κ1) is 25.8. The molecule has 2 rings (SSSR count). The Morgan fingerprint density at radius 1 is 0.926 bits per heavy atom. The molecule has 0 saturated carbocycles. The summed E-state index contributed by atoms with van der Waals surface area (Å²) >= 11 is 0. The molecule has 2 heterocycles. The summed E-state index contributed by atoms with van der Waals surface area (Å²) in [7, 11) is 0. The van der Waals surface area contributed by atoms with Crippen LogP contribution in [-0.2, 0) is 9.59 Å². The Balaban J connectivity index is 0.000000500. The van der Waals surface area contributed by atoms with E-state index in [1.807, 2.05) is 0 Å². The Bertz CT molecular complexity index is 339. The molecule has 2 aliphatic heterocycles. The monoisotopic (exact) mass is 388 g/mol. The zero-order chi connectivity index (χ0) is 20.3. The molecular formula is C19H40N4O4. The summed E-state index contributed by atoms with van der Waals surface area (Å²) in [5.74, 6) is -1.56. The molecule has 8 heteroatoms. The Kier molecular flexibility index (Phi) is 17.3. The third kappa shape index (κ3) is 16.7. The van der Waals surface area contributed by atoms with E-state index in [-0.39, 0.29) is 18.9 Å². The van der Waals surface area contributed by atoms with E-state index in [1.165, 1.54) is 32.4 Å². The van der Waals surface area contributed by atoms with Crippen LogP contribution >= 0.6 is 0 Å². The third-order valence-corrected chi connectivity index (χ3v) is 4.67. The minimum absolute atomic E-state index is 0.142. The minimum Gasteiger partial charge on any atom is -0.481 e. The molecule has 160 valence electrons. The Labute approximate surface area is 163 Å². The SMILES string of the molecule is C1CCNCC1.NCCCN.O=C(O)CCC1CCCCN1CCC(=O)O. The van der Waals surface area contributed by atoms with Gasteiger partial charge in [0.1, 0.15) is 0 Å². The zero-order valence-corrected chi connectivity index (χ0v) is 16.7. The van der Waals surface area contributed by atoms with Crippen molar-refractivity contribution < 1.29 is 19.8 Å². The van der Waals surface area contributed by atoms with E-state index < -0.39 is 11.9 Å². The van der Waals surface area contributed by atoms with Crippen molar-refractivity contribution >= 4 is 11.9 Å². The van der Waals surface area contributed by atoms with Crippen LogP contribution in [0.3, 0.4) is 0 Å². The maximum Gasteiger partial charge on any atom is 0.304 e. The van der Waals surface area contributed by atoms with E-state index >= 15 is 0 Å². The molecule has 0 spiro atoms. The van der Waals surface area contributed by atoms with Crippen LogP contribution in [0.5, 0.6) is 0 Å². The van der Waals surface area contributed by atoms with Crippen molar-refractivity contribution in [3.05, 3.63) is 0 Å². The molecule has 0 bridgehead atoms. The van der Waals surface area contributed by atoms with Crippen molar-refractivity contribution in [3.8, 4) is 0 Å². The fourth-order valence-corrected chi connectivity index (χ4v) is 3.13. The van der Waals surface area contributed by atoms with Crippen LogP contribution in [0.25, 0.3) is 0 Å². The number of hydrogen-bond donors (Lipinski definition) is 5. The van der Waals surface area contributed by atoms with Crippen LogP contribution < -0.4 is 16.8 Å². The summed E-state index contributed by atoms with van der Waals surface area (Å²) in [6.07, 6.45) is 9.31. The van der Waals surface area contributed by atoms with Crippen LogP contribution in [0.2, 0.25) is 0 Å². The second-order valence-electron chi connectivity index (χ2n) is 7.00. The summed E-state index contributed by atoms with van der Waals surface area (Å²) in [4.78, 5) is 23.1. The fraction of sp³-hybridized carbons (Fsp3) is 0.895. The van der Waals surface area contributed by atoms with Gasteiger partial charge >= 0.3 is 11.9 Å². The lowest BCUT2D eigenvalue weighted by Gasteiger charge is -2.35. The van der Waals surface area contributed by atoms with Gasteiger partial charge in [-0.15, -0.1) is 0 Å². The van der Waals surface area contributed by atoms with Gasteiger partial charge in [0.15, 0.2) is 0 Å². The molecule has 2 fully saturated rings. The van der Waals surface area contributed by atoms with Crippen molar-refractivity contribution in [2.75, 3.05) is 39.3 Å². The molecule has 0 radical (unpaired) electrons. The number of likely N-dealkylation sites (tertiary alicyclic amines) is 1. The minimum atomic E-state index is -0.789. The lowest BCUT2D eigenvalue weighted by molar-refractivity contribution is -0.139. The van der Waals surface area contributed by atoms with Crippen LogP contribution in [-0.4, -0.2) is 72.4 Å². The predicted molar refractivity (Wildman–Crippen MR) is 108 cm³/mol. The molecule has 7 N–H and O–H groups in total. The van der Waals surface area contributed by atoms with Gasteiger partial charge in [-0.3, -0.25) is 14.5 Å². The van der Waals surface area contributed by atoms with Gasteiger partial charge in [0.05, 0.1) is 6.42 Å². The molecular weight excluding hydrogens is 348 g/mol. The van der Waals surface area contributed by atoms with Crippen LogP contribution in [0, 0.1) is 0 Å². The number of piperidine rings is 2. The van der Waals surface area contributed by atoms with Crippen molar-refractivity contribution in [2.24, 2.45) is 11.5 Å². The summed E-state index contributed by atoms with van der Waals surface area (Å²) in [5.41, 5.74) is 10.1. The van der Waals surface area contributed by atoms with Crippen LogP contribution in [0.4, 0.5) is 0 Å². The topological polar surface area (TPSA) is 142 Å². The molecule has 0 amide bonds. The van der Waals surface area contributed by atoms with E-state index in [1.54, 1.807) is 0 Å². The van der Waals surface area contributed by atoms with Crippen LogP contribution in [0.1, 0.15) is 64.2 Å². The average Bonchev–Trinajstić information content (AvgIpc) is 2.68. The highest BCUT2D eigenvalue weighted by atomic mass is 16.4. The average molecular weight is 389 g/mol. The molecule has 1 unspecified atom stereocenters. The van der Waals surface area contributed by atoms with Crippen molar-refractivity contribution in [1.82, 2.24) is 10.2 Å². The standard InChI is InChI=1S/C11H19NO4.C5H11N.C3H10N2/c13-10(14)5-4-9-3-1-2-7-12(9)8-6-11(15)16;1-2-4-6-5-3-1;4-2-1-3-5/h9H,1-8H2,(H,13,14)(H,15,16);6H,1-5H2;1-5H2. The number of nitrogens with two attached hydrogens (primary N) is 2. The summed E-state index contributed by atoms with van der Waals surface area (Å²) < 4.78 is 0. The number of nitrogens with one attached hydrogen (secondary N) is 1. The maximum atomic E-state index is 10.5. The number of nitrogens with zero attached hydrogens (tertiary/aromatic N) is 1. The number of aliphatic carboxylic acids is 2. The lowest BCUT2D eigenvalue weighted by Crippen LogP contribution is -2.40. The molecule has 0 aromatic rings. The largest absolute Gasteiger partial charge is 0.481 e. The highest BCUT2D eigenvalue weighted by molar-refractivity contribution is 5.67. The first-order valence-corrected chi connectivity index (χ1v) is 10.3. The highest BCUT2D eigenvalue weighted by Gasteiger charge is 2.22. The zero-order valence-electron chi connectivity index (χ0n) is 16.7. The Morgan fingerprint density at radius 2 is 1.56 bits per heavy atom. The van der Waals surface area contributed by atoms with Gasteiger partial charge in [-0.05, 0) is 71.2 Å². The van der Waals surface area contributed by atoms with Gasteiger partial charge in [-0.2, -0.15) is 0 Å². The predicted octanol–water partition coefficient (Wildman–Crippen LogP) is 1.23. The number of rotatable bonds is 8. The normalized spacial score (nSPS) is 19.9. The smallest absolute Gasteiger partial charge is 0.304 e. The molecule has 8 nitrogen and oxygen atoms in total. The highest BCUT2D eigenvalue weighted by Crippen LogP contribution is 2.20. The van der Waals surface area contributed by atoms with Gasteiger partial charge < -0.3 is 27.0 Å². The first-order chi connectivity index (χ1) is 13.0. The quantitative estimate of drug-likeness (QED) is 0.418. The summed E-state index contributed by atoms with van der Waals surface area (Å²) in [5, 5.41) is 20.5. The van der Waals surface area contributed by atoms with Crippen molar-refractivity contribution in [1.29, 1.82) is 0 Å². The number of hydrogen-bond acceptors (Lipinski definition) is 6. The fourth-order valence-electron chi connectivity index (χ4n) is 3.13. The second kappa shape index (κ2) is 18.2. The van der Waals surface area contributed by atoms with Gasteiger partial charge in [-0.25, -0.2) is 0 Å². The van der Waals surface area contributed by atoms with Gasteiger partial charge in [0.2, 0.25) is 0 Å². The van der Waals surface area contributed by atoms with E-state index in [4.69, 9.17) is 21.7 Å². The number of carboxylic acids is 2. The number of carbonyl (C=O) groups is 2. The maximum absolute atomic E-state index is 10.5. The Morgan fingerprint density at radius 3 is 1.96 bits per heavy atom. The molecule has 2 aliphatic rings. The molecule has 2 saturated heterocycles. The molecule has 0 aromatic heterocycles. The third-order valence-electron chi connectivity index (χ3n) is 4.67. The van der Waals surface area contributed by atoms with E-state index in [0.717, 1.165) is 45.3 Å². The molecule has 0 aromatic carbocycles. The van der Waals surface area contributed by atoms with E-state index in [2.05, 4.69) is 10.2 Å². The summed E-state index contributed by atoms with van der Waals surface area (Å²) in [6, 6.07) is 0.254. The lowest BCUT2D eigenvalue weighted by atomic mass is 9.98. The second-order valence-corrected chi connectivity index (χ2v) is 7.00. The summed E-state index contributed by atoms with van der Waals surface area (Å²) in [6.45, 7) is 5.38. The van der Waals surface area contributed by atoms with Crippen molar-refractivity contribution in [3.63, 3.8) is 0 Å². The van der Waals surface area contributed by atoms with Gasteiger partial charge in [0, 0.05) is 19.0 Å². The first-order valence-electron chi connectivity index (χ1n) is 10.3. The Hall–Kier alpha value is -1.22. The van der Waals surface area contributed by atoms with E-state index in [9.17, 15) is 9.59 Å². The molecule has 27 heavy (non-hydrogen) atoms. The van der Waals surface area contributed by atoms with E-state index in [0.29, 0.717) is 13.0 Å². The van der Waals surface area contributed by atoms with Gasteiger partial charge in [-0.1, -0.05) is 12.8 Å². The molecule has 0 aliphatic carbocycles. The van der Waals surface area contributed by atoms with Gasteiger partial charge in [0.25, 0.3) is 0 Å².